The molecule has 4 nitrogen and oxygen atoms in total. The third kappa shape index (κ3) is 1.72. The lowest BCUT2D eigenvalue weighted by molar-refractivity contribution is 0.184. The third-order valence-corrected chi connectivity index (χ3v) is 2.65. The lowest BCUT2D eigenvalue weighted by Crippen LogP contribution is -2.20. The fraction of sp³-hybridized carbons (Fsp3) is 0.455. The van der Waals surface area contributed by atoms with Crippen molar-refractivity contribution in [2.75, 3.05) is 6.61 Å². The number of benzene rings is 1. The van der Waals surface area contributed by atoms with E-state index in [-0.39, 0.29) is 12.6 Å². The van der Waals surface area contributed by atoms with Crippen LogP contribution in [0.3, 0.4) is 0 Å². The summed E-state index contributed by atoms with van der Waals surface area (Å²) in [7, 11) is 0. The fourth-order valence-electron chi connectivity index (χ4n) is 1.70. The van der Waals surface area contributed by atoms with Crippen molar-refractivity contribution in [1.29, 1.82) is 0 Å². The van der Waals surface area contributed by atoms with Gasteiger partial charge in [-0.2, -0.15) is 0 Å². The van der Waals surface area contributed by atoms with E-state index in [1.165, 1.54) is 0 Å². The second-order valence-electron chi connectivity index (χ2n) is 4.02. The van der Waals surface area contributed by atoms with Gasteiger partial charge in [0.2, 0.25) is 0 Å². The Hall–Kier alpha value is -1.42. The molecule has 0 spiro atoms. The predicted molar refractivity (Wildman–Crippen MR) is 58.5 cm³/mol. The van der Waals surface area contributed by atoms with Crippen molar-refractivity contribution in [2.24, 2.45) is 5.92 Å². The van der Waals surface area contributed by atoms with Crippen LogP contribution in [0.2, 0.25) is 0 Å². The zero-order valence-corrected chi connectivity index (χ0v) is 8.96. The van der Waals surface area contributed by atoms with Crippen molar-refractivity contribution >= 4 is 11.0 Å². The molecule has 0 fully saturated rings. The van der Waals surface area contributed by atoms with Crippen LogP contribution in [0.25, 0.3) is 11.0 Å². The molecule has 1 N–H and O–H groups in total. The number of fused-ring (bicyclic) bond motifs is 1. The predicted octanol–water partition coefficient (Wildman–Crippen LogP) is 1.62. The summed E-state index contributed by atoms with van der Waals surface area (Å²) in [5, 5.41) is 17.5. The largest absolute Gasteiger partial charge is 0.394 e. The molecule has 0 bridgehead atoms. The van der Waals surface area contributed by atoms with Gasteiger partial charge in [0.15, 0.2) is 0 Å². The molecule has 1 aromatic carbocycles. The van der Waals surface area contributed by atoms with E-state index in [4.69, 9.17) is 0 Å². The van der Waals surface area contributed by atoms with Crippen molar-refractivity contribution < 1.29 is 5.11 Å². The lowest BCUT2D eigenvalue weighted by atomic mass is 10.1. The Morgan fingerprint density at radius 3 is 2.73 bits per heavy atom. The molecular weight excluding hydrogens is 190 g/mol. The molecule has 2 rings (SSSR count). The van der Waals surface area contributed by atoms with Crippen LogP contribution in [0.4, 0.5) is 0 Å². The maximum Gasteiger partial charge on any atom is 0.113 e. The Labute approximate surface area is 88.5 Å². The molecule has 1 unspecified atom stereocenters. The summed E-state index contributed by atoms with van der Waals surface area (Å²) in [5.74, 6) is 0.333. The average molecular weight is 205 g/mol. The van der Waals surface area contributed by atoms with Gasteiger partial charge in [0.1, 0.15) is 5.52 Å². The van der Waals surface area contributed by atoms with Gasteiger partial charge in [0.05, 0.1) is 18.2 Å². The molecule has 0 saturated heterocycles. The molecular formula is C11H15N3O. The monoisotopic (exact) mass is 205 g/mol. The minimum Gasteiger partial charge on any atom is -0.394 e. The maximum absolute atomic E-state index is 9.34. The molecule has 0 radical (unpaired) electrons. The molecule has 0 amide bonds. The van der Waals surface area contributed by atoms with E-state index in [2.05, 4.69) is 24.2 Å². The number of nitrogens with zero attached hydrogens (tertiary/aromatic N) is 3. The number of hydrogen-bond donors (Lipinski definition) is 1. The van der Waals surface area contributed by atoms with E-state index in [0.717, 1.165) is 11.0 Å². The first-order chi connectivity index (χ1) is 7.24. The van der Waals surface area contributed by atoms with E-state index in [9.17, 15) is 5.11 Å². The highest BCUT2D eigenvalue weighted by Gasteiger charge is 2.17. The highest BCUT2D eigenvalue weighted by molar-refractivity contribution is 5.73. The van der Waals surface area contributed by atoms with Crippen LogP contribution in [0.15, 0.2) is 24.3 Å². The highest BCUT2D eigenvalue weighted by atomic mass is 16.3. The van der Waals surface area contributed by atoms with E-state index in [1.807, 2.05) is 24.3 Å². The second-order valence-corrected chi connectivity index (χ2v) is 4.02. The number of rotatable bonds is 3. The van der Waals surface area contributed by atoms with Crippen molar-refractivity contribution in [2.45, 2.75) is 19.9 Å². The topological polar surface area (TPSA) is 50.9 Å². The fourth-order valence-corrected chi connectivity index (χ4v) is 1.70. The summed E-state index contributed by atoms with van der Waals surface area (Å²) >= 11 is 0. The Balaban J connectivity index is 2.51. The van der Waals surface area contributed by atoms with Gasteiger partial charge in [-0.25, -0.2) is 4.68 Å². The number of para-hydroxylation sites is 1. The molecule has 0 aliphatic rings. The van der Waals surface area contributed by atoms with Crippen molar-refractivity contribution in [3.05, 3.63) is 24.3 Å². The molecule has 1 heterocycles. The van der Waals surface area contributed by atoms with Crippen LogP contribution in [0, 0.1) is 5.92 Å². The summed E-state index contributed by atoms with van der Waals surface area (Å²) < 4.78 is 1.81. The van der Waals surface area contributed by atoms with E-state index in [1.54, 1.807) is 4.68 Å². The lowest BCUT2D eigenvalue weighted by Gasteiger charge is -2.18. The number of hydrogen-bond acceptors (Lipinski definition) is 3. The second kappa shape index (κ2) is 3.98. The molecule has 0 aliphatic heterocycles. The van der Waals surface area contributed by atoms with Crippen LogP contribution in [-0.4, -0.2) is 26.7 Å². The summed E-state index contributed by atoms with van der Waals surface area (Å²) in [6, 6.07) is 7.78. The standard InChI is InChI=1S/C11H15N3O/c1-8(2)11(7-15)14-10-6-4-3-5-9(10)12-13-14/h3-6,8,11,15H,7H2,1-2H3. The summed E-state index contributed by atoms with van der Waals surface area (Å²) in [6.07, 6.45) is 0. The Morgan fingerprint density at radius 2 is 2.07 bits per heavy atom. The molecule has 2 aromatic rings. The SMILES string of the molecule is CC(C)C(CO)n1nnc2ccccc21. The smallest absolute Gasteiger partial charge is 0.113 e. The zero-order valence-electron chi connectivity index (χ0n) is 8.96. The summed E-state index contributed by atoms with van der Waals surface area (Å²) in [6.45, 7) is 4.22. The molecule has 1 aromatic heterocycles. The van der Waals surface area contributed by atoms with Gasteiger partial charge < -0.3 is 5.11 Å². The minimum atomic E-state index is -0.00241. The number of aliphatic hydroxyl groups is 1. The Bertz CT molecular complexity index is 450. The van der Waals surface area contributed by atoms with E-state index < -0.39 is 0 Å². The summed E-state index contributed by atoms with van der Waals surface area (Å²) in [5.41, 5.74) is 1.85. The average Bonchev–Trinajstić information content (AvgIpc) is 2.63. The first kappa shape index (κ1) is 10.1. The van der Waals surface area contributed by atoms with E-state index in [0.29, 0.717) is 5.92 Å². The molecule has 0 saturated carbocycles. The Morgan fingerprint density at radius 1 is 1.33 bits per heavy atom. The van der Waals surface area contributed by atoms with Crippen LogP contribution < -0.4 is 0 Å². The van der Waals surface area contributed by atoms with Gasteiger partial charge in [-0.05, 0) is 18.1 Å². The number of aliphatic hydroxyl groups excluding tert-OH is 1. The normalized spacial score (nSPS) is 13.6. The highest BCUT2D eigenvalue weighted by Crippen LogP contribution is 2.20. The van der Waals surface area contributed by atoms with Gasteiger partial charge in [0, 0.05) is 0 Å². The molecule has 0 aliphatic carbocycles. The van der Waals surface area contributed by atoms with Crippen LogP contribution >= 0.6 is 0 Å². The molecule has 80 valence electrons. The quantitative estimate of drug-likeness (QED) is 0.828. The van der Waals surface area contributed by atoms with Crippen molar-refractivity contribution in [1.82, 2.24) is 15.0 Å². The van der Waals surface area contributed by atoms with Crippen LogP contribution in [0.1, 0.15) is 19.9 Å². The number of aromatic nitrogens is 3. The van der Waals surface area contributed by atoms with E-state index >= 15 is 0 Å². The van der Waals surface area contributed by atoms with Crippen LogP contribution in [-0.2, 0) is 0 Å². The first-order valence-corrected chi connectivity index (χ1v) is 5.15. The van der Waals surface area contributed by atoms with Gasteiger partial charge in [-0.1, -0.05) is 31.2 Å². The Kier molecular flexibility index (Phi) is 2.68. The molecule has 4 heteroatoms. The minimum absolute atomic E-state index is 0.00241. The van der Waals surface area contributed by atoms with Gasteiger partial charge in [-0.3, -0.25) is 0 Å². The van der Waals surface area contributed by atoms with Crippen molar-refractivity contribution in [3.8, 4) is 0 Å². The maximum atomic E-state index is 9.34. The first-order valence-electron chi connectivity index (χ1n) is 5.15. The molecule has 1 atom stereocenters. The summed E-state index contributed by atoms with van der Waals surface area (Å²) in [4.78, 5) is 0. The molecule has 15 heavy (non-hydrogen) atoms. The van der Waals surface area contributed by atoms with Crippen molar-refractivity contribution in [3.63, 3.8) is 0 Å². The van der Waals surface area contributed by atoms with Gasteiger partial charge in [-0.15, -0.1) is 5.10 Å². The van der Waals surface area contributed by atoms with Gasteiger partial charge >= 0.3 is 0 Å². The van der Waals surface area contributed by atoms with Gasteiger partial charge in [0.25, 0.3) is 0 Å². The third-order valence-electron chi connectivity index (χ3n) is 2.65. The zero-order chi connectivity index (χ0) is 10.8. The van der Waals surface area contributed by atoms with Crippen LogP contribution in [0.5, 0.6) is 0 Å².